The summed E-state index contributed by atoms with van der Waals surface area (Å²) >= 11 is 0. The van der Waals surface area contributed by atoms with Crippen LogP contribution in [0.15, 0.2) is 34.6 Å². The molecule has 2 aliphatic rings. The highest BCUT2D eigenvalue weighted by Gasteiger charge is 2.41. The number of rotatable bonds is 1. The molecule has 4 nitrogen and oxygen atoms in total. The Kier molecular flexibility index (Phi) is 2.66. The standard InChI is InChI=1S/C15H16N2O2/c1-8-6-9(2)13(10(3)7-8)15-14-11(16-18)4-5-12(14)19-17-15/h4-7,12,14,18H,1-3H3/b16-11+/t12-,14+/m1/s1. The van der Waals surface area contributed by atoms with Crippen molar-refractivity contribution in [2.75, 3.05) is 0 Å². The Bertz CT molecular complexity index is 606. The van der Waals surface area contributed by atoms with Crippen molar-refractivity contribution in [1.29, 1.82) is 0 Å². The van der Waals surface area contributed by atoms with Crippen molar-refractivity contribution < 1.29 is 10.0 Å². The van der Waals surface area contributed by atoms with E-state index in [4.69, 9.17) is 10.0 Å². The molecule has 1 aliphatic carbocycles. The van der Waals surface area contributed by atoms with Crippen LogP contribution in [0.1, 0.15) is 22.3 Å². The molecule has 19 heavy (non-hydrogen) atoms. The summed E-state index contributed by atoms with van der Waals surface area (Å²) in [5, 5.41) is 16.7. The number of nitrogens with zero attached hydrogens (tertiary/aromatic N) is 2. The zero-order valence-corrected chi connectivity index (χ0v) is 11.2. The van der Waals surface area contributed by atoms with Crippen LogP contribution in [0, 0.1) is 26.7 Å². The molecule has 98 valence electrons. The molecule has 0 fully saturated rings. The van der Waals surface area contributed by atoms with E-state index in [2.05, 4.69) is 43.2 Å². The predicted octanol–water partition coefficient (Wildman–Crippen LogP) is 2.73. The molecule has 3 rings (SSSR count). The van der Waals surface area contributed by atoms with E-state index in [0.29, 0.717) is 5.71 Å². The van der Waals surface area contributed by atoms with Crippen molar-refractivity contribution in [3.8, 4) is 0 Å². The van der Waals surface area contributed by atoms with Crippen LogP contribution in [0.5, 0.6) is 0 Å². The Morgan fingerprint density at radius 2 is 1.89 bits per heavy atom. The third kappa shape index (κ3) is 1.75. The number of benzene rings is 1. The molecule has 0 radical (unpaired) electrons. The average Bonchev–Trinajstić information content (AvgIpc) is 2.90. The first-order valence-corrected chi connectivity index (χ1v) is 6.34. The van der Waals surface area contributed by atoms with Gasteiger partial charge in [0.1, 0.15) is 5.71 Å². The van der Waals surface area contributed by atoms with Crippen LogP contribution >= 0.6 is 0 Å². The summed E-state index contributed by atoms with van der Waals surface area (Å²) in [6.45, 7) is 6.23. The molecule has 0 bridgehead atoms. The van der Waals surface area contributed by atoms with Gasteiger partial charge in [0.2, 0.25) is 0 Å². The minimum atomic E-state index is -0.138. The normalized spacial score (nSPS) is 26.5. The van der Waals surface area contributed by atoms with Crippen LogP contribution in [-0.4, -0.2) is 22.7 Å². The summed E-state index contributed by atoms with van der Waals surface area (Å²) in [7, 11) is 0. The Balaban J connectivity index is 2.09. The van der Waals surface area contributed by atoms with E-state index in [-0.39, 0.29) is 12.0 Å². The lowest BCUT2D eigenvalue weighted by Gasteiger charge is -2.15. The van der Waals surface area contributed by atoms with Gasteiger partial charge in [-0.2, -0.15) is 0 Å². The van der Waals surface area contributed by atoms with Crippen LogP contribution in [0.4, 0.5) is 0 Å². The fourth-order valence-corrected chi connectivity index (χ4v) is 3.02. The van der Waals surface area contributed by atoms with E-state index in [0.717, 1.165) is 11.3 Å². The van der Waals surface area contributed by atoms with Gasteiger partial charge in [-0.05, 0) is 44.1 Å². The van der Waals surface area contributed by atoms with Crippen molar-refractivity contribution in [1.82, 2.24) is 0 Å². The van der Waals surface area contributed by atoms with Crippen LogP contribution < -0.4 is 0 Å². The van der Waals surface area contributed by atoms with Crippen molar-refractivity contribution in [3.63, 3.8) is 0 Å². The maximum Gasteiger partial charge on any atom is 0.160 e. The second-order valence-electron chi connectivity index (χ2n) is 5.18. The monoisotopic (exact) mass is 256 g/mol. The first kappa shape index (κ1) is 12.0. The molecule has 0 unspecified atom stereocenters. The van der Waals surface area contributed by atoms with Crippen molar-refractivity contribution in [2.24, 2.45) is 16.2 Å². The topological polar surface area (TPSA) is 54.2 Å². The van der Waals surface area contributed by atoms with Crippen LogP contribution in [0.2, 0.25) is 0 Å². The summed E-state index contributed by atoms with van der Waals surface area (Å²) in [6, 6.07) is 4.27. The molecule has 0 spiro atoms. The fourth-order valence-electron chi connectivity index (χ4n) is 3.02. The highest BCUT2D eigenvalue weighted by molar-refractivity contribution is 6.21. The minimum absolute atomic E-state index is 0.0925. The van der Waals surface area contributed by atoms with Crippen LogP contribution in [0.25, 0.3) is 0 Å². The van der Waals surface area contributed by atoms with Gasteiger partial charge in [0, 0.05) is 5.56 Å². The molecule has 1 aromatic carbocycles. The third-order valence-electron chi connectivity index (χ3n) is 3.72. The molecular weight excluding hydrogens is 240 g/mol. The molecule has 1 aliphatic heterocycles. The Morgan fingerprint density at radius 1 is 1.21 bits per heavy atom. The quantitative estimate of drug-likeness (QED) is 0.620. The maximum absolute atomic E-state index is 9.09. The summed E-state index contributed by atoms with van der Waals surface area (Å²) in [6.07, 6.45) is 3.54. The molecule has 1 heterocycles. The van der Waals surface area contributed by atoms with Crippen molar-refractivity contribution in [3.05, 3.63) is 46.5 Å². The van der Waals surface area contributed by atoms with Crippen LogP contribution in [0.3, 0.4) is 0 Å². The minimum Gasteiger partial charge on any atom is -0.411 e. The van der Waals surface area contributed by atoms with Gasteiger partial charge in [-0.3, -0.25) is 0 Å². The van der Waals surface area contributed by atoms with Crippen molar-refractivity contribution in [2.45, 2.75) is 26.9 Å². The number of fused-ring (bicyclic) bond motifs is 1. The highest BCUT2D eigenvalue weighted by atomic mass is 16.6. The Hall–Kier alpha value is -2.10. The number of aryl methyl sites for hydroxylation is 3. The van der Waals surface area contributed by atoms with Gasteiger partial charge in [0.05, 0.1) is 11.6 Å². The van der Waals surface area contributed by atoms with E-state index in [1.807, 2.05) is 6.08 Å². The van der Waals surface area contributed by atoms with Gasteiger partial charge < -0.3 is 10.0 Å². The lowest BCUT2D eigenvalue weighted by atomic mass is 9.87. The molecule has 1 N–H and O–H groups in total. The highest BCUT2D eigenvalue weighted by Crippen LogP contribution is 2.32. The molecule has 0 amide bonds. The largest absolute Gasteiger partial charge is 0.411 e. The zero-order chi connectivity index (χ0) is 13.6. The second kappa shape index (κ2) is 4.23. The molecule has 0 saturated heterocycles. The van der Waals surface area contributed by atoms with E-state index in [9.17, 15) is 0 Å². The number of hydrogen-bond acceptors (Lipinski definition) is 4. The predicted molar refractivity (Wildman–Crippen MR) is 73.9 cm³/mol. The SMILES string of the molecule is Cc1cc(C)c(C2=NO[C@@H]3C=C/C(=N\O)[C@H]23)c(C)c1. The van der Waals surface area contributed by atoms with E-state index >= 15 is 0 Å². The molecule has 2 atom stereocenters. The number of allylic oxidation sites excluding steroid dienone is 1. The molecule has 0 aromatic heterocycles. The number of hydrogen-bond donors (Lipinski definition) is 1. The smallest absolute Gasteiger partial charge is 0.160 e. The van der Waals surface area contributed by atoms with Gasteiger partial charge in [0.15, 0.2) is 6.10 Å². The van der Waals surface area contributed by atoms with E-state index in [1.54, 1.807) is 6.08 Å². The molecule has 0 saturated carbocycles. The lowest BCUT2D eigenvalue weighted by molar-refractivity contribution is 0.111. The molecule has 4 heteroatoms. The van der Waals surface area contributed by atoms with E-state index in [1.165, 1.54) is 16.7 Å². The van der Waals surface area contributed by atoms with Crippen LogP contribution in [-0.2, 0) is 4.84 Å². The zero-order valence-electron chi connectivity index (χ0n) is 11.2. The van der Waals surface area contributed by atoms with Gasteiger partial charge in [-0.25, -0.2) is 0 Å². The Morgan fingerprint density at radius 3 is 2.53 bits per heavy atom. The van der Waals surface area contributed by atoms with Gasteiger partial charge in [0.25, 0.3) is 0 Å². The first-order chi connectivity index (χ1) is 9.11. The number of oxime groups is 2. The van der Waals surface area contributed by atoms with Gasteiger partial charge in [-0.15, -0.1) is 0 Å². The third-order valence-corrected chi connectivity index (χ3v) is 3.72. The molecular formula is C15H16N2O2. The van der Waals surface area contributed by atoms with Gasteiger partial charge >= 0.3 is 0 Å². The summed E-state index contributed by atoms with van der Waals surface area (Å²) in [5.41, 5.74) is 6.14. The fraction of sp³-hybridized carbons (Fsp3) is 0.333. The maximum atomic E-state index is 9.09. The summed E-state index contributed by atoms with van der Waals surface area (Å²) in [5.74, 6) is -0.0925. The Labute approximate surface area is 112 Å². The molecule has 1 aromatic rings. The second-order valence-corrected chi connectivity index (χ2v) is 5.18. The van der Waals surface area contributed by atoms with Crippen molar-refractivity contribution >= 4 is 11.4 Å². The van der Waals surface area contributed by atoms with Gasteiger partial charge in [-0.1, -0.05) is 28.0 Å². The first-order valence-electron chi connectivity index (χ1n) is 6.34. The summed E-state index contributed by atoms with van der Waals surface area (Å²) in [4.78, 5) is 5.43. The van der Waals surface area contributed by atoms with E-state index < -0.39 is 0 Å². The summed E-state index contributed by atoms with van der Waals surface area (Å²) < 4.78 is 0. The average molecular weight is 256 g/mol. The lowest BCUT2D eigenvalue weighted by Crippen LogP contribution is -2.26.